The minimum absolute atomic E-state index is 0. The SMILES string of the molecule is [C-]#[N+]CC(C)(C)OCC.[Cu+]. The molecule has 0 aliphatic carbocycles. The third kappa shape index (κ3) is 6.09. The van der Waals surface area contributed by atoms with Crippen LogP contribution in [0, 0.1) is 6.57 Å². The van der Waals surface area contributed by atoms with Gasteiger partial charge in [-0.1, -0.05) is 0 Å². The van der Waals surface area contributed by atoms with Crippen molar-refractivity contribution in [2.45, 2.75) is 26.4 Å². The van der Waals surface area contributed by atoms with Crippen LogP contribution >= 0.6 is 0 Å². The van der Waals surface area contributed by atoms with Gasteiger partial charge in [0, 0.05) is 6.61 Å². The first-order valence-electron chi connectivity index (χ1n) is 3.09. The average Bonchev–Trinajstić information content (AvgIpc) is 1.64. The summed E-state index contributed by atoms with van der Waals surface area (Å²) < 4.78 is 5.26. The predicted molar refractivity (Wildman–Crippen MR) is 37.2 cm³/mol. The van der Waals surface area contributed by atoms with Crippen LogP contribution in [0.1, 0.15) is 20.8 Å². The fourth-order valence-corrected chi connectivity index (χ4v) is 0.627. The topological polar surface area (TPSA) is 13.6 Å². The molecule has 0 fully saturated rings. The molecule has 10 heavy (non-hydrogen) atoms. The van der Waals surface area contributed by atoms with E-state index < -0.39 is 0 Å². The zero-order valence-corrected chi connectivity index (χ0v) is 7.51. The normalized spacial score (nSPS) is 9.80. The molecule has 0 aliphatic rings. The number of rotatable bonds is 3. The van der Waals surface area contributed by atoms with Crippen molar-refractivity contribution in [3.05, 3.63) is 11.4 Å². The summed E-state index contributed by atoms with van der Waals surface area (Å²) in [6.45, 7) is 13.5. The summed E-state index contributed by atoms with van der Waals surface area (Å²) in [5, 5.41) is 0. The van der Waals surface area contributed by atoms with Crippen molar-refractivity contribution in [1.82, 2.24) is 0 Å². The second kappa shape index (κ2) is 5.73. The zero-order valence-electron chi connectivity index (χ0n) is 6.57. The molecule has 0 saturated carbocycles. The minimum Gasteiger partial charge on any atom is -0.368 e. The Morgan fingerprint density at radius 1 is 1.50 bits per heavy atom. The van der Waals surface area contributed by atoms with Crippen LogP contribution < -0.4 is 0 Å². The molecule has 0 saturated heterocycles. The smallest absolute Gasteiger partial charge is 0.368 e. The Morgan fingerprint density at radius 2 is 2.00 bits per heavy atom. The van der Waals surface area contributed by atoms with Gasteiger partial charge in [0.2, 0.25) is 6.54 Å². The Labute approximate surface area is 73.2 Å². The van der Waals surface area contributed by atoms with Gasteiger partial charge in [-0.25, -0.2) is 6.57 Å². The molecule has 0 aromatic heterocycles. The van der Waals surface area contributed by atoms with Crippen molar-refractivity contribution >= 4 is 0 Å². The number of hydrogen-bond acceptors (Lipinski definition) is 1. The Balaban J connectivity index is 0. The summed E-state index contributed by atoms with van der Waals surface area (Å²) in [7, 11) is 0. The van der Waals surface area contributed by atoms with Gasteiger partial charge in [0.1, 0.15) is 5.60 Å². The van der Waals surface area contributed by atoms with E-state index >= 15 is 0 Å². The Bertz CT molecular complexity index is 117. The maximum Gasteiger partial charge on any atom is 1.00 e. The van der Waals surface area contributed by atoms with Gasteiger partial charge in [0.15, 0.2) is 0 Å². The number of nitrogens with zero attached hydrogens (tertiary/aromatic N) is 1. The van der Waals surface area contributed by atoms with E-state index in [2.05, 4.69) is 4.85 Å². The molecule has 0 unspecified atom stereocenters. The van der Waals surface area contributed by atoms with Crippen LogP contribution in [0.4, 0.5) is 0 Å². The van der Waals surface area contributed by atoms with Crippen LogP contribution in [-0.4, -0.2) is 18.8 Å². The van der Waals surface area contributed by atoms with E-state index in [1.807, 2.05) is 20.8 Å². The van der Waals surface area contributed by atoms with Crippen LogP contribution in [0.5, 0.6) is 0 Å². The first-order chi connectivity index (χ1) is 4.12. The quantitative estimate of drug-likeness (QED) is 0.488. The molecule has 0 amide bonds. The standard InChI is InChI=1S/C7H13NO.Cu/c1-5-9-7(2,3)6-8-4;/h5-6H2,1-3H3;/q;+1. The molecule has 0 spiro atoms. The van der Waals surface area contributed by atoms with E-state index in [1.54, 1.807) is 0 Å². The van der Waals surface area contributed by atoms with Gasteiger partial charge in [-0.3, -0.25) is 0 Å². The summed E-state index contributed by atoms with van der Waals surface area (Å²) in [5.74, 6) is 0. The van der Waals surface area contributed by atoms with Crippen LogP contribution in [0.3, 0.4) is 0 Å². The van der Waals surface area contributed by atoms with E-state index in [0.717, 1.165) is 0 Å². The molecule has 0 bridgehead atoms. The third-order valence-electron chi connectivity index (χ3n) is 0.995. The molecule has 0 radical (unpaired) electrons. The van der Waals surface area contributed by atoms with Gasteiger partial charge in [0.05, 0.1) is 0 Å². The fourth-order valence-electron chi connectivity index (χ4n) is 0.627. The molecule has 0 N–H and O–H groups in total. The van der Waals surface area contributed by atoms with E-state index in [1.165, 1.54) is 0 Å². The average molecular weight is 191 g/mol. The van der Waals surface area contributed by atoms with Crippen molar-refractivity contribution in [1.29, 1.82) is 0 Å². The molecule has 0 aliphatic heterocycles. The van der Waals surface area contributed by atoms with Crippen LogP contribution in [-0.2, 0) is 21.8 Å². The van der Waals surface area contributed by atoms with Crippen molar-refractivity contribution in [3.8, 4) is 0 Å². The van der Waals surface area contributed by atoms with E-state index in [0.29, 0.717) is 13.2 Å². The summed E-state index contributed by atoms with van der Waals surface area (Å²) in [6.07, 6.45) is 0. The minimum atomic E-state index is -0.253. The molecular formula is C7H13CuNO+. The summed E-state index contributed by atoms with van der Waals surface area (Å²) in [5.41, 5.74) is -0.253. The fraction of sp³-hybridized carbons (Fsp3) is 0.857. The van der Waals surface area contributed by atoms with E-state index in [4.69, 9.17) is 11.3 Å². The molecule has 2 nitrogen and oxygen atoms in total. The predicted octanol–water partition coefficient (Wildman–Crippen LogP) is 1.72. The molecule has 0 atom stereocenters. The molecule has 0 heterocycles. The van der Waals surface area contributed by atoms with Gasteiger partial charge in [-0.2, -0.15) is 0 Å². The van der Waals surface area contributed by atoms with Gasteiger partial charge in [-0.15, -0.1) is 0 Å². The van der Waals surface area contributed by atoms with Crippen molar-refractivity contribution < 1.29 is 21.8 Å². The monoisotopic (exact) mass is 190 g/mol. The first-order valence-corrected chi connectivity index (χ1v) is 3.09. The van der Waals surface area contributed by atoms with Gasteiger partial charge in [-0.05, 0) is 20.8 Å². The molecule has 0 aromatic rings. The van der Waals surface area contributed by atoms with Gasteiger partial charge >= 0.3 is 17.1 Å². The number of ether oxygens (including phenoxy) is 1. The van der Waals surface area contributed by atoms with Gasteiger partial charge < -0.3 is 9.58 Å². The zero-order chi connectivity index (χ0) is 7.33. The summed E-state index contributed by atoms with van der Waals surface area (Å²) in [6, 6.07) is 0. The third-order valence-corrected chi connectivity index (χ3v) is 0.995. The molecule has 0 aromatic carbocycles. The number of hydrogen-bond donors (Lipinski definition) is 0. The summed E-state index contributed by atoms with van der Waals surface area (Å²) in [4.78, 5) is 3.25. The second-order valence-corrected chi connectivity index (χ2v) is 2.51. The Kier molecular flexibility index (Phi) is 7.24. The van der Waals surface area contributed by atoms with E-state index in [-0.39, 0.29) is 22.7 Å². The molecule has 3 heteroatoms. The second-order valence-electron chi connectivity index (χ2n) is 2.51. The Morgan fingerprint density at radius 3 is 2.30 bits per heavy atom. The van der Waals surface area contributed by atoms with Crippen LogP contribution in [0.2, 0.25) is 0 Å². The molecule has 62 valence electrons. The first kappa shape index (κ1) is 12.6. The van der Waals surface area contributed by atoms with E-state index in [9.17, 15) is 0 Å². The maximum atomic E-state index is 6.58. The van der Waals surface area contributed by atoms with Crippen molar-refractivity contribution in [2.24, 2.45) is 0 Å². The van der Waals surface area contributed by atoms with Crippen LogP contribution in [0.25, 0.3) is 4.85 Å². The molecule has 0 rings (SSSR count). The summed E-state index contributed by atoms with van der Waals surface area (Å²) >= 11 is 0. The maximum absolute atomic E-state index is 6.58. The molecular weight excluding hydrogens is 178 g/mol. The van der Waals surface area contributed by atoms with Crippen molar-refractivity contribution in [3.63, 3.8) is 0 Å². The largest absolute Gasteiger partial charge is 1.00 e. The Hall–Kier alpha value is -0.0305. The van der Waals surface area contributed by atoms with Crippen LogP contribution in [0.15, 0.2) is 0 Å². The van der Waals surface area contributed by atoms with Crippen molar-refractivity contribution in [2.75, 3.05) is 13.2 Å². The van der Waals surface area contributed by atoms with Gasteiger partial charge in [0.25, 0.3) is 0 Å².